The summed E-state index contributed by atoms with van der Waals surface area (Å²) < 4.78 is 9.98. The Kier molecular flexibility index (Phi) is 5.14. The van der Waals surface area contributed by atoms with E-state index < -0.39 is 29.5 Å². The highest BCUT2D eigenvalue weighted by molar-refractivity contribution is 5.90. The van der Waals surface area contributed by atoms with Crippen molar-refractivity contribution >= 4 is 17.8 Å². The monoisotopic (exact) mass is 285 g/mol. The van der Waals surface area contributed by atoms with Crippen LogP contribution in [0, 0.1) is 5.92 Å². The average molecular weight is 285 g/mol. The molecule has 114 valence electrons. The van der Waals surface area contributed by atoms with Gasteiger partial charge in [-0.1, -0.05) is 6.92 Å². The van der Waals surface area contributed by atoms with Gasteiger partial charge in [-0.25, -0.2) is 4.79 Å². The molecule has 0 aromatic rings. The number of nitrogens with zero attached hydrogens (tertiary/aromatic N) is 1. The number of likely N-dealkylation sites (tertiary alicyclic amines) is 1. The smallest absolute Gasteiger partial charge is 0.329 e. The van der Waals surface area contributed by atoms with Gasteiger partial charge in [0.25, 0.3) is 0 Å². The second-order valence-electron chi connectivity index (χ2n) is 5.93. The normalized spacial score (nSPS) is 20.8. The van der Waals surface area contributed by atoms with Gasteiger partial charge in [-0.15, -0.1) is 0 Å². The maximum Gasteiger partial charge on any atom is 0.329 e. The van der Waals surface area contributed by atoms with Gasteiger partial charge in [0.1, 0.15) is 11.6 Å². The Morgan fingerprint density at radius 3 is 2.45 bits per heavy atom. The van der Waals surface area contributed by atoms with Crippen molar-refractivity contribution in [2.45, 2.75) is 52.2 Å². The summed E-state index contributed by atoms with van der Waals surface area (Å²) in [4.78, 5) is 37.0. The molecule has 0 radical (unpaired) electrons. The van der Waals surface area contributed by atoms with Crippen molar-refractivity contribution in [3.8, 4) is 0 Å². The fourth-order valence-electron chi connectivity index (χ4n) is 2.24. The molecule has 0 N–H and O–H groups in total. The molecular weight excluding hydrogens is 262 g/mol. The number of esters is 2. The molecule has 20 heavy (non-hydrogen) atoms. The van der Waals surface area contributed by atoms with Crippen LogP contribution in [0.5, 0.6) is 0 Å². The van der Waals surface area contributed by atoms with E-state index in [-0.39, 0.29) is 18.9 Å². The molecule has 0 aliphatic carbocycles. The van der Waals surface area contributed by atoms with E-state index in [4.69, 9.17) is 4.74 Å². The highest BCUT2D eigenvalue weighted by atomic mass is 16.6. The van der Waals surface area contributed by atoms with Crippen LogP contribution in [0.4, 0.5) is 0 Å². The summed E-state index contributed by atoms with van der Waals surface area (Å²) in [6, 6.07) is -0.642. The van der Waals surface area contributed by atoms with E-state index in [2.05, 4.69) is 4.74 Å². The van der Waals surface area contributed by atoms with E-state index in [9.17, 15) is 14.4 Å². The summed E-state index contributed by atoms with van der Waals surface area (Å²) in [6.07, 6.45) is 0.542. The van der Waals surface area contributed by atoms with Crippen LogP contribution in [-0.2, 0) is 23.9 Å². The molecule has 6 nitrogen and oxygen atoms in total. The quantitative estimate of drug-likeness (QED) is 0.724. The van der Waals surface area contributed by atoms with Crippen LogP contribution < -0.4 is 0 Å². The molecule has 1 fully saturated rings. The number of methoxy groups -OCH3 is 1. The first kappa shape index (κ1) is 16.5. The van der Waals surface area contributed by atoms with Gasteiger partial charge in [-0.2, -0.15) is 0 Å². The highest BCUT2D eigenvalue weighted by Gasteiger charge is 2.41. The molecule has 2 unspecified atom stereocenters. The van der Waals surface area contributed by atoms with Crippen molar-refractivity contribution in [3.63, 3.8) is 0 Å². The zero-order valence-corrected chi connectivity index (χ0v) is 12.8. The molecule has 1 rings (SSSR count). The zero-order chi connectivity index (χ0) is 15.5. The van der Waals surface area contributed by atoms with Crippen molar-refractivity contribution in [1.82, 2.24) is 4.90 Å². The molecule has 2 atom stereocenters. The number of hydrogen-bond acceptors (Lipinski definition) is 5. The fraction of sp³-hybridized carbons (Fsp3) is 0.786. The highest BCUT2D eigenvalue weighted by Crippen LogP contribution is 2.24. The molecule has 0 bridgehead atoms. The van der Waals surface area contributed by atoms with Gasteiger partial charge in [0.15, 0.2) is 0 Å². The lowest BCUT2D eigenvalue weighted by Gasteiger charge is -2.29. The number of rotatable bonds is 4. The van der Waals surface area contributed by atoms with E-state index in [0.717, 1.165) is 0 Å². The molecule has 1 aliphatic rings. The molecule has 0 saturated carbocycles. The average Bonchev–Trinajstić information content (AvgIpc) is 2.69. The minimum atomic E-state index is -0.642. The maximum absolute atomic E-state index is 12.1. The zero-order valence-electron chi connectivity index (χ0n) is 12.8. The minimum Gasteiger partial charge on any atom is -0.469 e. The lowest BCUT2D eigenvalue weighted by Crippen LogP contribution is -2.45. The topological polar surface area (TPSA) is 72.9 Å². The van der Waals surface area contributed by atoms with Crippen molar-refractivity contribution in [2.24, 2.45) is 5.92 Å². The fourth-order valence-corrected chi connectivity index (χ4v) is 2.24. The van der Waals surface area contributed by atoms with Gasteiger partial charge >= 0.3 is 11.9 Å². The van der Waals surface area contributed by atoms with Crippen molar-refractivity contribution in [1.29, 1.82) is 0 Å². The summed E-state index contributed by atoms with van der Waals surface area (Å²) in [5.74, 6) is -1.55. The Balaban J connectivity index is 2.78. The molecule has 6 heteroatoms. The lowest BCUT2D eigenvalue weighted by atomic mass is 10.1. The summed E-state index contributed by atoms with van der Waals surface area (Å²) in [6.45, 7) is 7.36. The summed E-state index contributed by atoms with van der Waals surface area (Å²) in [5.41, 5.74) is -0.602. The van der Waals surface area contributed by atoms with Gasteiger partial charge in [0, 0.05) is 13.0 Å². The second kappa shape index (κ2) is 6.24. The van der Waals surface area contributed by atoms with Crippen LogP contribution >= 0.6 is 0 Å². The first-order valence-corrected chi connectivity index (χ1v) is 6.79. The van der Waals surface area contributed by atoms with Crippen LogP contribution in [-0.4, -0.2) is 48.0 Å². The first-order chi connectivity index (χ1) is 9.19. The first-order valence-electron chi connectivity index (χ1n) is 6.79. The van der Waals surface area contributed by atoms with Crippen LogP contribution in [0.15, 0.2) is 0 Å². The Hall–Kier alpha value is -1.59. The summed E-state index contributed by atoms with van der Waals surface area (Å²) in [5, 5.41) is 0. The van der Waals surface area contributed by atoms with Gasteiger partial charge in [0.2, 0.25) is 5.91 Å². The summed E-state index contributed by atoms with van der Waals surface area (Å²) >= 11 is 0. The predicted octanol–water partition coefficient (Wildman–Crippen LogP) is 1.13. The minimum absolute atomic E-state index is 0.0893. The van der Waals surface area contributed by atoms with Gasteiger partial charge in [0.05, 0.1) is 13.0 Å². The predicted molar refractivity (Wildman–Crippen MR) is 71.8 cm³/mol. The number of hydrogen-bond donors (Lipinski definition) is 0. The van der Waals surface area contributed by atoms with Crippen LogP contribution in [0.1, 0.15) is 40.5 Å². The van der Waals surface area contributed by atoms with E-state index in [1.54, 1.807) is 20.8 Å². The third-order valence-corrected chi connectivity index (χ3v) is 3.13. The third-order valence-electron chi connectivity index (χ3n) is 3.13. The summed E-state index contributed by atoms with van der Waals surface area (Å²) in [7, 11) is 1.29. The van der Waals surface area contributed by atoms with Crippen LogP contribution in [0.2, 0.25) is 0 Å². The molecule has 0 aromatic heterocycles. The van der Waals surface area contributed by atoms with E-state index in [1.165, 1.54) is 12.0 Å². The largest absolute Gasteiger partial charge is 0.469 e. The number of amides is 1. The Labute approximate surface area is 119 Å². The molecule has 1 saturated heterocycles. The lowest BCUT2D eigenvalue weighted by molar-refractivity contribution is -0.164. The number of carbonyl (C=O) groups is 3. The molecule has 0 spiro atoms. The molecule has 0 aromatic carbocycles. The van der Waals surface area contributed by atoms with E-state index in [1.807, 2.05) is 6.92 Å². The van der Waals surface area contributed by atoms with E-state index in [0.29, 0.717) is 6.42 Å². The van der Waals surface area contributed by atoms with Crippen LogP contribution in [0.25, 0.3) is 0 Å². The third kappa shape index (κ3) is 3.95. The van der Waals surface area contributed by atoms with E-state index >= 15 is 0 Å². The molecule has 1 heterocycles. The van der Waals surface area contributed by atoms with Gasteiger partial charge in [-0.3, -0.25) is 9.59 Å². The number of carbonyl (C=O) groups excluding carboxylic acids is 3. The van der Waals surface area contributed by atoms with Crippen molar-refractivity contribution in [3.05, 3.63) is 0 Å². The molecule has 1 aliphatic heterocycles. The SMILES string of the molecule is CCC(C(=O)OC(C)(C)C)N1CC(C(=O)OC)CC1=O. The molecule has 1 amide bonds. The second-order valence-corrected chi connectivity index (χ2v) is 5.93. The van der Waals surface area contributed by atoms with Crippen LogP contribution in [0.3, 0.4) is 0 Å². The van der Waals surface area contributed by atoms with Crippen molar-refractivity contribution in [2.75, 3.05) is 13.7 Å². The number of ether oxygens (including phenoxy) is 2. The van der Waals surface area contributed by atoms with Gasteiger partial charge in [-0.05, 0) is 27.2 Å². The Morgan fingerprint density at radius 1 is 1.40 bits per heavy atom. The maximum atomic E-state index is 12.1. The molecular formula is C14H23NO5. The van der Waals surface area contributed by atoms with Crippen molar-refractivity contribution < 1.29 is 23.9 Å². The van der Waals surface area contributed by atoms with Gasteiger partial charge < -0.3 is 14.4 Å². The Morgan fingerprint density at radius 2 is 2.00 bits per heavy atom. The standard InChI is InChI=1S/C14H23NO5/c1-6-10(13(18)20-14(2,3)4)15-8-9(7-11(15)16)12(17)19-5/h9-10H,6-8H2,1-5H3. The Bertz CT molecular complexity index is 399.